The third-order valence-corrected chi connectivity index (χ3v) is 5.00. The third-order valence-electron chi connectivity index (χ3n) is 5.00. The molecule has 0 radical (unpaired) electrons. The van der Waals surface area contributed by atoms with Gasteiger partial charge in [0.15, 0.2) is 0 Å². The second-order valence-electron chi connectivity index (χ2n) is 6.92. The van der Waals surface area contributed by atoms with Gasteiger partial charge in [0.25, 0.3) is 0 Å². The van der Waals surface area contributed by atoms with Crippen LogP contribution in [0, 0.1) is 32.1 Å². The maximum atomic E-state index is 12.7. The molecule has 7 heteroatoms. The van der Waals surface area contributed by atoms with Crippen LogP contribution in [0.4, 0.5) is 0 Å². The van der Waals surface area contributed by atoms with Gasteiger partial charge in [0.05, 0.1) is 18.1 Å². The molecular weight excluding hydrogens is 372 g/mol. The molecule has 1 atom stereocenters. The minimum atomic E-state index is -0.732. The molecule has 0 bridgehead atoms. The summed E-state index contributed by atoms with van der Waals surface area (Å²) in [5.74, 6) is -1.42. The van der Waals surface area contributed by atoms with E-state index < -0.39 is 11.9 Å². The maximum Gasteiger partial charge on any atom is 0.338 e. The fraction of sp³-hybridized carbons (Fsp3) is 0.409. The normalized spacial score (nSPS) is 16.2. The van der Waals surface area contributed by atoms with Crippen LogP contribution in [0.1, 0.15) is 54.5 Å². The minimum Gasteiger partial charge on any atom is -0.463 e. The Bertz CT molecular complexity index is 966. The van der Waals surface area contributed by atoms with Crippen LogP contribution in [0.5, 0.6) is 0 Å². The van der Waals surface area contributed by atoms with Gasteiger partial charge in [0.2, 0.25) is 5.88 Å². The summed E-state index contributed by atoms with van der Waals surface area (Å²) in [5, 5.41) is 9.78. The number of allylic oxidation sites excluding steroid dienone is 2. The fourth-order valence-electron chi connectivity index (χ4n) is 3.73. The lowest BCUT2D eigenvalue weighted by Crippen LogP contribution is -2.27. The molecule has 0 saturated carbocycles. The zero-order valence-corrected chi connectivity index (χ0v) is 17.6. The van der Waals surface area contributed by atoms with Crippen molar-refractivity contribution in [3.63, 3.8) is 0 Å². The molecule has 29 heavy (non-hydrogen) atoms. The van der Waals surface area contributed by atoms with Gasteiger partial charge in [0, 0.05) is 6.92 Å². The van der Waals surface area contributed by atoms with Crippen molar-refractivity contribution in [2.24, 2.45) is 5.73 Å². The second-order valence-corrected chi connectivity index (χ2v) is 6.92. The summed E-state index contributed by atoms with van der Waals surface area (Å²) >= 11 is 0. The van der Waals surface area contributed by atoms with E-state index in [2.05, 4.69) is 6.07 Å². The fourth-order valence-corrected chi connectivity index (χ4v) is 3.73. The quantitative estimate of drug-likeness (QED) is 0.757. The van der Waals surface area contributed by atoms with Crippen molar-refractivity contribution in [2.45, 2.75) is 54.1 Å². The average molecular weight is 398 g/mol. The van der Waals surface area contributed by atoms with Crippen molar-refractivity contribution < 1.29 is 23.8 Å². The zero-order valence-electron chi connectivity index (χ0n) is 17.6. The Morgan fingerprint density at radius 1 is 1.21 bits per heavy atom. The highest BCUT2D eigenvalue weighted by Gasteiger charge is 2.38. The molecule has 0 aromatic heterocycles. The molecule has 0 fully saturated rings. The number of esters is 2. The number of hydrogen-bond acceptors (Lipinski definition) is 7. The first-order chi connectivity index (χ1) is 13.6. The number of benzene rings is 1. The highest BCUT2D eigenvalue weighted by Crippen LogP contribution is 2.43. The Kier molecular flexibility index (Phi) is 6.70. The molecule has 1 unspecified atom stereocenters. The molecule has 2 N–H and O–H groups in total. The molecule has 0 aliphatic carbocycles. The number of carbonyl (C=O) groups is 2. The van der Waals surface area contributed by atoms with Crippen LogP contribution in [0.25, 0.3) is 0 Å². The highest BCUT2D eigenvalue weighted by atomic mass is 16.5. The Hall–Kier alpha value is -3.27. The number of nitriles is 1. The van der Waals surface area contributed by atoms with E-state index in [0.717, 1.165) is 27.8 Å². The number of hydrogen-bond donors (Lipinski definition) is 1. The van der Waals surface area contributed by atoms with Crippen LogP contribution in [0.2, 0.25) is 0 Å². The zero-order chi connectivity index (χ0) is 21.9. The number of aryl methyl sites for hydroxylation is 2. The molecule has 154 valence electrons. The van der Waals surface area contributed by atoms with Gasteiger partial charge in [-0.2, -0.15) is 5.26 Å². The molecule has 7 nitrogen and oxygen atoms in total. The van der Waals surface area contributed by atoms with Crippen molar-refractivity contribution in [1.29, 1.82) is 5.26 Å². The molecule has 1 heterocycles. The standard InChI is InChI=1S/C22H26N2O5/c1-7-27-22(26)19-14(5)29-21(24)16(9-23)20(19)18-12(3)8-11(2)17(13(18)4)10-28-15(6)25/h8,20H,7,10,24H2,1-6H3. The predicted molar refractivity (Wildman–Crippen MR) is 106 cm³/mol. The lowest BCUT2D eigenvalue weighted by Gasteiger charge is -2.30. The number of carbonyl (C=O) groups excluding carboxylic acids is 2. The summed E-state index contributed by atoms with van der Waals surface area (Å²) in [7, 11) is 0. The van der Waals surface area contributed by atoms with E-state index in [0.29, 0.717) is 5.76 Å². The van der Waals surface area contributed by atoms with Crippen LogP contribution < -0.4 is 5.73 Å². The summed E-state index contributed by atoms with van der Waals surface area (Å²) in [6.07, 6.45) is 0. The van der Waals surface area contributed by atoms with E-state index in [9.17, 15) is 14.9 Å². The summed E-state index contributed by atoms with van der Waals surface area (Å²) in [6.45, 7) is 10.7. The molecule has 1 aliphatic heterocycles. The Morgan fingerprint density at radius 3 is 2.41 bits per heavy atom. The molecule has 2 rings (SSSR count). The van der Waals surface area contributed by atoms with E-state index in [4.69, 9.17) is 19.9 Å². The van der Waals surface area contributed by atoms with Crippen molar-refractivity contribution in [1.82, 2.24) is 0 Å². The van der Waals surface area contributed by atoms with Gasteiger partial charge in [-0.05, 0) is 62.4 Å². The largest absolute Gasteiger partial charge is 0.463 e. The van der Waals surface area contributed by atoms with Crippen molar-refractivity contribution in [2.75, 3.05) is 6.61 Å². The van der Waals surface area contributed by atoms with Gasteiger partial charge in [-0.1, -0.05) is 6.07 Å². The molecule has 1 aromatic rings. The van der Waals surface area contributed by atoms with Crippen LogP contribution in [0.15, 0.2) is 28.9 Å². The van der Waals surface area contributed by atoms with Crippen LogP contribution in [0.3, 0.4) is 0 Å². The summed E-state index contributed by atoms with van der Waals surface area (Å²) in [6, 6.07) is 4.04. The lowest BCUT2D eigenvalue weighted by molar-refractivity contribution is -0.142. The Labute approximate surface area is 170 Å². The predicted octanol–water partition coefficient (Wildman–Crippen LogP) is 3.32. The number of rotatable bonds is 5. The first-order valence-corrected chi connectivity index (χ1v) is 9.32. The monoisotopic (exact) mass is 398 g/mol. The number of ether oxygens (including phenoxy) is 3. The smallest absolute Gasteiger partial charge is 0.338 e. The van der Waals surface area contributed by atoms with Crippen molar-refractivity contribution >= 4 is 11.9 Å². The molecule has 1 aromatic carbocycles. The summed E-state index contributed by atoms with van der Waals surface area (Å²) < 4.78 is 15.9. The van der Waals surface area contributed by atoms with Gasteiger partial charge < -0.3 is 19.9 Å². The highest BCUT2D eigenvalue weighted by molar-refractivity contribution is 5.93. The number of nitrogens with two attached hydrogens (primary N) is 1. The molecule has 0 amide bonds. The van der Waals surface area contributed by atoms with Crippen LogP contribution >= 0.6 is 0 Å². The van der Waals surface area contributed by atoms with Crippen molar-refractivity contribution in [3.05, 3.63) is 56.7 Å². The van der Waals surface area contributed by atoms with E-state index in [1.165, 1.54) is 6.92 Å². The van der Waals surface area contributed by atoms with E-state index in [1.54, 1.807) is 13.8 Å². The third kappa shape index (κ3) is 4.27. The average Bonchev–Trinajstić information content (AvgIpc) is 2.61. The molecule has 1 aliphatic rings. The van der Waals surface area contributed by atoms with Gasteiger partial charge in [-0.15, -0.1) is 0 Å². The molecule has 0 saturated heterocycles. The first-order valence-electron chi connectivity index (χ1n) is 9.32. The topological polar surface area (TPSA) is 112 Å². The van der Waals surface area contributed by atoms with E-state index >= 15 is 0 Å². The minimum absolute atomic E-state index is 0.0380. The molecule has 0 spiro atoms. The van der Waals surface area contributed by atoms with Crippen LogP contribution in [-0.4, -0.2) is 18.5 Å². The van der Waals surface area contributed by atoms with Gasteiger partial charge in [0.1, 0.15) is 24.0 Å². The van der Waals surface area contributed by atoms with E-state index in [1.807, 2.05) is 26.8 Å². The second kappa shape index (κ2) is 8.82. The van der Waals surface area contributed by atoms with Crippen molar-refractivity contribution in [3.8, 4) is 6.07 Å². The van der Waals surface area contributed by atoms with Gasteiger partial charge in [-0.25, -0.2) is 4.79 Å². The summed E-state index contributed by atoms with van der Waals surface area (Å²) in [5.41, 5.74) is 10.6. The SMILES string of the molecule is CCOC(=O)C1=C(C)OC(N)=C(C#N)C1c1c(C)cc(C)c(COC(C)=O)c1C. The van der Waals surface area contributed by atoms with Gasteiger partial charge >= 0.3 is 11.9 Å². The molecular formula is C22H26N2O5. The Balaban J connectivity index is 2.77. The van der Waals surface area contributed by atoms with Gasteiger partial charge in [-0.3, -0.25) is 4.79 Å². The van der Waals surface area contributed by atoms with Crippen LogP contribution in [-0.2, 0) is 30.4 Å². The van der Waals surface area contributed by atoms with E-state index in [-0.39, 0.29) is 36.2 Å². The lowest BCUT2D eigenvalue weighted by atomic mass is 9.77. The number of nitrogens with zero attached hydrogens (tertiary/aromatic N) is 1. The Morgan fingerprint density at radius 2 is 1.86 bits per heavy atom. The first kappa shape index (κ1) is 22.0. The maximum absolute atomic E-state index is 12.7. The summed E-state index contributed by atoms with van der Waals surface area (Å²) in [4.78, 5) is 24.1.